The number of hydrogen-bond acceptors (Lipinski definition) is 4. The average molecular weight is 316 g/mol. The third-order valence-electron chi connectivity index (χ3n) is 3.19. The molecule has 0 aromatic heterocycles. The van der Waals surface area contributed by atoms with Crippen LogP contribution in [0.4, 0.5) is 0 Å². The summed E-state index contributed by atoms with van der Waals surface area (Å²) in [6, 6.07) is 0. The van der Waals surface area contributed by atoms with E-state index in [4.69, 9.17) is 4.55 Å². The van der Waals surface area contributed by atoms with Crippen molar-refractivity contribution in [2.75, 3.05) is 5.75 Å². The molecule has 0 fully saturated rings. The molecular formula is C13H25NaO5S. The van der Waals surface area contributed by atoms with Crippen LogP contribution in [0.2, 0.25) is 0 Å². The summed E-state index contributed by atoms with van der Waals surface area (Å²) in [5.41, 5.74) is 0. The molecule has 0 radical (unpaired) electrons. The Morgan fingerprint density at radius 2 is 1.55 bits per heavy atom. The van der Waals surface area contributed by atoms with Gasteiger partial charge in [-0.2, -0.15) is 8.42 Å². The fourth-order valence-corrected chi connectivity index (χ4v) is 2.59. The maximum absolute atomic E-state index is 10.9. The Labute approximate surface area is 144 Å². The standard InChI is InChI=1S/C13H26O5S.Na/c1-2-3-4-5-6-7-9-12(13(14)15)10-8-11-19(16,17)18;/h12H,2-11H2,1H3,(H,14,15)(H,16,17,18);/q;+1/p-1. The molecule has 0 aliphatic heterocycles. The smallest absolute Gasteiger partial charge is 0.550 e. The van der Waals surface area contributed by atoms with Crippen LogP contribution in [-0.2, 0) is 14.9 Å². The molecule has 1 atom stereocenters. The van der Waals surface area contributed by atoms with Gasteiger partial charge < -0.3 is 9.90 Å². The molecule has 1 N–H and O–H groups in total. The maximum Gasteiger partial charge on any atom is 1.00 e. The molecule has 20 heavy (non-hydrogen) atoms. The number of unbranched alkanes of at least 4 members (excludes halogenated alkanes) is 5. The van der Waals surface area contributed by atoms with E-state index in [1.54, 1.807) is 0 Å². The molecule has 1 unspecified atom stereocenters. The number of carbonyl (C=O) groups excluding carboxylic acids is 1. The first-order valence-corrected chi connectivity index (χ1v) is 8.63. The van der Waals surface area contributed by atoms with Crippen LogP contribution in [0.15, 0.2) is 0 Å². The van der Waals surface area contributed by atoms with Crippen molar-refractivity contribution in [1.82, 2.24) is 0 Å². The first-order chi connectivity index (χ1) is 8.87. The van der Waals surface area contributed by atoms with Gasteiger partial charge >= 0.3 is 29.6 Å². The normalized spacial score (nSPS) is 12.7. The summed E-state index contributed by atoms with van der Waals surface area (Å²) in [5.74, 6) is -2.11. The second-order valence-electron chi connectivity index (χ2n) is 5.00. The Kier molecular flexibility index (Phi) is 14.8. The summed E-state index contributed by atoms with van der Waals surface area (Å²) >= 11 is 0. The monoisotopic (exact) mass is 316 g/mol. The minimum atomic E-state index is -3.99. The molecule has 0 bridgehead atoms. The molecule has 0 spiro atoms. The van der Waals surface area contributed by atoms with Gasteiger partial charge in [-0.05, 0) is 25.2 Å². The van der Waals surface area contributed by atoms with Gasteiger partial charge in [-0.3, -0.25) is 4.55 Å². The van der Waals surface area contributed by atoms with E-state index in [0.29, 0.717) is 6.42 Å². The summed E-state index contributed by atoms with van der Waals surface area (Å²) in [7, 11) is -3.99. The van der Waals surface area contributed by atoms with Crippen LogP contribution in [-0.4, -0.2) is 24.7 Å². The Bertz CT molecular complexity index is 343. The molecule has 0 aromatic carbocycles. The van der Waals surface area contributed by atoms with Crippen LogP contribution in [0.25, 0.3) is 0 Å². The Morgan fingerprint density at radius 3 is 2.05 bits per heavy atom. The van der Waals surface area contributed by atoms with E-state index in [0.717, 1.165) is 19.3 Å². The number of hydrogen-bond donors (Lipinski definition) is 1. The molecular weight excluding hydrogens is 291 g/mol. The zero-order valence-electron chi connectivity index (χ0n) is 12.6. The third-order valence-corrected chi connectivity index (χ3v) is 4.00. The van der Waals surface area contributed by atoms with Gasteiger partial charge in [0.1, 0.15) is 0 Å². The fourth-order valence-electron chi connectivity index (χ4n) is 2.06. The zero-order valence-corrected chi connectivity index (χ0v) is 15.5. The van der Waals surface area contributed by atoms with Crippen LogP contribution in [0.3, 0.4) is 0 Å². The fraction of sp³-hybridized carbons (Fsp3) is 0.923. The second-order valence-corrected chi connectivity index (χ2v) is 6.57. The van der Waals surface area contributed by atoms with Gasteiger partial charge in [-0.25, -0.2) is 0 Å². The Balaban J connectivity index is 0. The van der Waals surface area contributed by atoms with Crippen LogP contribution in [0.5, 0.6) is 0 Å². The molecule has 0 aromatic rings. The summed E-state index contributed by atoms with van der Waals surface area (Å²) in [5, 5.41) is 10.9. The minimum Gasteiger partial charge on any atom is -0.550 e. The van der Waals surface area contributed by atoms with Gasteiger partial charge in [-0.15, -0.1) is 0 Å². The maximum atomic E-state index is 10.9. The number of carbonyl (C=O) groups is 1. The molecule has 5 nitrogen and oxygen atoms in total. The van der Waals surface area contributed by atoms with E-state index < -0.39 is 22.0 Å². The molecule has 0 amide bonds. The van der Waals surface area contributed by atoms with E-state index in [2.05, 4.69) is 6.92 Å². The van der Waals surface area contributed by atoms with Crippen molar-refractivity contribution in [3.05, 3.63) is 0 Å². The number of carboxylic acid groups (broad SMARTS) is 1. The summed E-state index contributed by atoms with van der Waals surface area (Å²) < 4.78 is 29.6. The third kappa shape index (κ3) is 14.8. The van der Waals surface area contributed by atoms with Gasteiger partial charge in [0.05, 0.1) is 5.75 Å². The van der Waals surface area contributed by atoms with Crippen molar-refractivity contribution in [3.8, 4) is 0 Å². The molecule has 114 valence electrons. The van der Waals surface area contributed by atoms with Gasteiger partial charge in [0.2, 0.25) is 0 Å². The summed E-state index contributed by atoms with van der Waals surface area (Å²) in [6.07, 6.45) is 7.43. The Morgan fingerprint density at radius 1 is 1.05 bits per heavy atom. The van der Waals surface area contributed by atoms with E-state index in [1.165, 1.54) is 19.3 Å². The van der Waals surface area contributed by atoms with Gasteiger partial charge in [0, 0.05) is 5.97 Å². The Hall–Kier alpha value is 0.380. The predicted octanol–water partition coefficient (Wildman–Crippen LogP) is -1.22. The van der Waals surface area contributed by atoms with E-state index in [-0.39, 0.29) is 48.2 Å². The van der Waals surface area contributed by atoms with Crippen LogP contribution < -0.4 is 34.7 Å². The molecule has 0 rings (SSSR count). The predicted molar refractivity (Wildman–Crippen MR) is 72.1 cm³/mol. The van der Waals surface area contributed by atoms with Crippen molar-refractivity contribution >= 4 is 16.1 Å². The van der Waals surface area contributed by atoms with E-state index in [9.17, 15) is 18.3 Å². The summed E-state index contributed by atoms with van der Waals surface area (Å²) in [4.78, 5) is 10.9. The average Bonchev–Trinajstić information content (AvgIpc) is 2.29. The number of carboxylic acids is 1. The van der Waals surface area contributed by atoms with Crippen molar-refractivity contribution in [1.29, 1.82) is 0 Å². The molecule has 7 heteroatoms. The minimum absolute atomic E-state index is 0. The van der Waals surface area contributed by atoms with E-state index >= 15 is 0 Å². The molecule has 0 heterocycles. The molecule has 0 saturated carbocycles. The largest absolute Gasteiger partial charge is 1.00 e. The van der Waals surface area contributed by atoms with E-state index in [1.807, 2.05) is 0 Å². The van der Waals surface area contributed by atoms with Crippen molar-refractivity contribution in [2.45, 2.75) is 64.7 Å². The second kappa shape index (κ2) is 13.1. The van der Waals surface area contributed by atoms with Crippen molar-refractivity contribution in [2.24, 2.45) is 5.92 Å². The van der Waals surface area contributed by atoms with Crippen molar-refractivity contribution < 1.29 is 52.4 Å². The quantitative estimate of drug-likeness (QED) is 0.276. The number of aliphatic carboxylic acids is 1. The van der Waals surface area contributed by atoms with Crippen LogP contribution in [0.1, 0.15) is 64.7 Å². The first kappa shape index (κ1) is 22.7. The van der Waals surface area contributed by atoms with Gasteiger partial charge in [0.15, 0.2) is 0 Å². The van der Waals surface area contributed by atoms with Crippen molar-refractivity contribution in [3.63, 3.8) is 0 Å². The van der Waals surface area contributed by atoms with Gasteiger partial charge in [0.25, 0.3) is 10.1 Å². The topological polar surface area (TPSA) is 94.5 Å². The molecule has 0 aliphatic rings. The first-order valence-electron chi connectivity index (χ1n) is 7.03. The molecule has 0 saturated heterocycles. The molecule has 0 aliphatic carbocycles. The van der Waals surface area contributed by atoms with Crippen LogP contribution >= 0.6 is 0 Å². The zero-order chi connectivity index (χ0) is 14.7. The van der Waals surface area contributed by atoms with Gasteiger partial charge in [-0.1, -0.05) is 45.4 Å². The van der Waals surface area contributed by atoms with Crippen LogP contribution in [0, 0.1) is 5.92 Å². The summed E-state index contributed by atoms with van der Waals surface area (Å²) in [6.45, 7) is 2.14. The SMILES string of the molecule is CCCCCCCCC(CCCS(=O)(=O)O)C(=O)[O-].[Na+]. The number of rotatable bonds is 12.